The highest BCUT2D eigenvalue weighted by Crippen LogP contribution is 2.19. The topological polar surface area (TPSA) is 93.7 Å². The Morgan fingerprint density at radius 2 is 2.11 bits per heavy atom. The van der Waals surface area contributed by atoms with Crippen LogP contribution >= 0.6 is 23.4 Å². The molecule has 0 aliphatic heterocycles. The van der Waals surface area contributed by atoms with Crippen LogP contribution in [0.3, 0.4) is 0 Å². The molecule has 8 heteroatoms. The monoisotopic (exact) mass is 295 g/mol. The Labute approximate surface area is 120 Å². The van der Waals surface area contributed by atoms with Crippen LogP contribution in [-0.2, 0) is 0 Å². The van der Waals surface area contributed by atoms with E-state index in [1.54, 1.807) is 0 Å². The molecule has 0 bridgehead atoms. The van der Waals surface area contributed by atoms with E-state index in [0.29, 0.717) is 5.16 Å². The van der Waals surface area contributed by atoms with Gasteiger partial charge in [-0.05, 0) is 5.75 Å². The Morgan fingerprint density at radius 1 is 1.47 bits per heavy atom. The van der Waals surface area contributed by atoms with Crippen LogP contribution in [0.5, 0.6) is 0 Å². The molecule has 0 aliphatic rings. The van der Waals surface area contributed by atoms with Gasteiger partial charge in [0, 0.05) is 0 Å². The molecule has 0 N–H and O–H groups in total. The number of nitriles is 2. The Balaban J connectivity index is 3.06. The molecule has 1 aromatic heterocycles. The van der Waals surface area contributed by atoms with Crippen molar-refractivity contribution in [2.24, 2.45) is 0 Å². The average Bonchev–Trinajstić information content (AvgIpc) is 2.40. The normalized spacial score (nSPS) is 9.47. The van der Waals surface area contributed by atoms with Gasteiger partial charge in [-0.25, -0.2) is 9.97 Å². The molecule has 1 aromatic rings. The van der Waals surface area contributed by atoms with Crippen LogP contribution < -0.4 is 0 Å². The van der Waals surface area contributed by atoms with Gasteiger partial charge in [-0.2, -0.15) is 10.5 Å². The van der Waals surface area contributed by atoms with E-state index in [-0.39, 0.29) is 23.8 Å². The van der Waals surface area contributed by atoms with Gasteiger partial charge >= 0.3 is 0 Å². The summed E-state index contributed by atoms with van der Waals surface area (Å²) in [5.41, 5.74) is 0.0121. The van der Waals surface area contributed by atoms with Crippen molar-refractivity contribution in [3.63, 3.8) is 0 Å². The van der Waals surface area contributed by atoms with Gasteiger partial charge in [0.25, 0.3) is 5.91 Å². The van der Waals surface area contributed by atoms with Gasteiger partial charge in [0.15, 0.2) is 10.9 Å². The predicted octanol–water partition coefficient (Wildman–Crippen LogP) is 1.73. The second-order valence-electron chi connectivity index (χ2n) is 3.26. The van der Waals surface area contributed by atoms with E-state index in [4.69, 9.17) is 22.1 Å². The standard InChI is InChI=1S/C11H10ClN5OS/c1-2-19-11-15-7-8(12)9(16-11)10(18)17(5-3-13)6-4-14/h7H,2,5-6H2,1H3. The van der Waals surface area contributed by atoms with Crippen molar-refractivity contribution >= 4 is 29.3 Å². The Bertz CT molecular complexity index is 535. The highest BCUT2D eigenvalue weighted by molar-refractivity contribution is 7.99. The lowest BCUT2D eigenvalue weighted by molar-refractivity contribution is 0.0788. The van der Waals surface area contributed by atoms with Crippen LogP contribution in [0, 0.1) is 22.7 Å². The molecule has 0 saturated heterocycles. The lowest BCUT2D eigenvalue weighted by Crippen LogP contribution is -2.32. The van der Waals surface area contributed by atoms with E-state index < -0.39 is 5.91 Å². The molecule has 19 heavy (non-hydrogen) atoms. The summed E-state index contributed by atoms with van der Waals surface area (Å²) in [4.78, 5) is 21.3. The van der Waals surface area contributed by atoms with Crippen LogP contribution in [0.1, 0.15) is 17.4 Å². The average molecular weight is 296 g/mol. The maximum atomic E-state index is 12.1. The molecular formula is C11H10ClN5OS. The molecule has 1 heterocycles. The molecule has 0 radical (unpaired) electrons. The third-order valence-electron chi connectivity index (χ3n) is 2.01. The first kappa shape index (κ1) is 15.2. The second kappa shape index (κ2) is 7.57. The summed E-state index contributed by atoms with van der Waals surface area (Å²) >= 11 is 7.26. The summed E-state index contributed by atoms with van der Waals surface area (Å²) in [6.45, 7) is 1.55. The van der Waals surface area contributed by atoms with Crippen LogP contribution in [0.4, 0.5) is 0 Å². The number of halogens is 1. The number of aromatic nitrogens is 2. The Hall–Kier alpha value is -1.83. The van der Waals surface area contributed by atoms with Gasteiger partial charge < -0.3 is 4.90 Å². The molecule has 1 amide bonds. The van der Waals surface area contributed by atoms with E-state index in [1.165, 1.54) is 18.0 Å². The van der Waals surface area contributed by atoms with Crippen molar-refractivity contribution in [2.75, 3.05) is 18.8 Å². The van der Waals surface area contributed by atoms with Gasteiger partial charge in [-0.15, -0.1) is 0 Å². The van der Waals surface area contributed by atoms with Crippen LogP contribution in [-0.4, -0.2) is 39.6 Å². The summed E-state index contributed by atoms with van der Waals surface area (Å²) in [7, 11) is 0. The third kappa shape index (κ3) is 4.09. The first-order valence-corrected chi connectivity index (χ1v) is 6.68. The highest BCUT2D eigenvalue weighted by atomic mass is 35.5. The molecule has 6 nitrogen and oxygen atoms in total. The minimum atomic E-state index is -0.548. The molecule has 0 fully saturated rings. The second-order valence-corrected chi connectivity index (χ2v) is 4.90. The summed E-state index contributed by atoms with van der Waals surface area (Å²) in [5.74, 6) is 0.212. The number of carbonyl (C=O) groups is 1. The minimum Gasteiger partial charge on any atom is -0.311 e. The lowest BCUT2D eigenvalue weighted by atomic mass is 10.3. The van der Waals surface area contributed by atoms with Crippen molar-refractivity contribution < 1.29 is 4.79 Å². The number of hydrogen-bond donors (Lipinski definition) is 0. The van der Waals surface area contributed by atoms with Gasteiger partial charge in [0.05, 0.1) is 23.4 Å². The van der Waals surface area contributed by atoms with Gasteiger partial charge in [-0.3, -0.25) is 4.79 Å². The summed E-state index contributed by atoms with van der Waals surface area (Å²) in [5, 5.41) is 17.8. The quantitative estimate of drug-likeness (QED) is 0.466. The zero-order chi connectivity index (χ0) is 14.3. The summed E-state index contributed by atoms with van der Waals surface area (Å²) in [6, 6.07) is 3.65. The van der Waals surface area contributed by atoms with Gasteiger partial charge in [-0.1, -0.05) is 30.3 Å². The highest BCUT2D eigenvalue weighted by Gasteiger charge is 2.20. The zero-order valence-corrected chi connectivity index (χ0v) is 11.7. The van der Waals surface area contributed by atoms with Crippen molar-refractivity contribution in [1.82, 2.24) is 14.9 Å². The van der Waals surface area contributed by atoms with Gasteiger partial charge in [0.2, 0.25) is 0 Å². The molecule has 0 aliphatic carbocycles. The fraction of sp³-hybridized carbons (Fsp3) is 0.364. The fourth-order valence-electron chi connectivity index (χ4n) is 1.22. The van der Waals surface area contributed by atoms with Crippen molar-refractivity contribution in [1.29, 1.82) is 10.5 Å². The molecule has 98 valence electrons. The minimum absolute atomic E-state index is 0.0121. The van der Waals surface area contributed by atoms with Crippen molar-refractivity contribution in [3.8, 4) is 12.1 Å². The molecule has 1 rings (SSSR count). The van der Waals surface area contributed by atoms with E-state index in [9.17, 15) is 4.79 Å². The number of hydrogen-bond acceptors (Lipinski definition) is 6. The number of carbonyl (C=O) groups excluding carboxylic acids is 1. The first-order valence-electron chi connectivity index (χ1n) is 5.32. The van der Waals surface area contributed by atoms with Crippen LogP contribution in [0.15, 0.2) is 11.4 Å². The third-order valence-corrected chi connectivity index (χ3v) is 3.03. The maximum absolute atomic E-state index is 12.1. The number of nitrogens with zero attached hydrogens (tertiary/aromatic N) is 5. The predicted molar refractivity (Wildman–Crippen MR) is 70.6 cm³/mol. The first-order chi connectivity index (χ1) is 9.13. The van der Waals surface area contributed by atoms with Crippen molar-refractivity contribution in [2.45, 2.75) is 12.1 Å². The number of rotatable bonds is 5. The number of amides is 1. The van der Waals surface area contributed by atoms with Crippen LogP contribution in [0.25, 0.3) is 0 Å². The molecule has 0 spiro atoms. The van der Waals surface area contributed by atoms with E-state index in [1.807, 2.05) is 19.1 Å². The molecule has 0 unspecified atom stereocenters. The van der Waals surface area contributed by atoms with Gasteiger partial charge in [0.1, 0.15) is 13.1 Å². The molecular weight excluding hydrogens is 286 g/mol. The largest absolute Gasteiger partial charge is 0.311 e. The number of thioether (sulfide) groups is 1. The van der Waals surface area contributed by atoms with Crippen LogP contribution in [0.2, 0.25) is 5.02 Å². The smallest absolute Gasteiger partial charge is 0.275 e. The molecule has 0 atom stereocenters. The zero-order valence-electron chi connectivity index (χ0n) is 10.1. The molecule has 0 saturated carbocycles. The summed E-state index contributed by atoms with van der Waals surface area (Å²) in [6.07, 6.45) is 1.34. The lowest BCUT2D eigenvalue weighted by Gasteiger charge is -2.15. The molecule has 0 aromatic carbocycles. The Kier molecular flexibility index (Phi) is 6.07. The van der Waals surface area contributed by atoms with Crippen molar-refractivity contribution in [3.05, 3.63) is 16.9 Å². The maximum Gasteiger partial charge on any atom is 0.275 e. The van der Waals surface area contributed by atoms with E-state index in [0.717, 1.165) is 10.7 Å². The Morgan fingerprint density at radius 3 is 2.63 bits per heavy atom. The van der Waals surface area contributed by atoms with E-state index >= 15 is 0 Å². The summed E-state index contributed by atoms with van der Waals surface area (Å²) < 4.78 is 0. The SMILES string of the molecule is CCSc1ncc(Cl)c(C(=O)N(CC#N)CC#N)n1. The van der Waals surface area contributed by atoms with E-state index in [2.05, 4.69) is 9.97 Å². The fourth-order valence-corrected chi connectivity index (χ4v) is 1.93.